The van der Waals surface area contributed by atoms with Gasteiger partial charge in [-0.2, -0.15) is 0 Å². The van der Waals surface area contributed by atoms with Crippen molar-refractivity contribution in [2.45, 2.75) is 24.7 Å². The van der Waals surface area contributed by atoms with Crippen LogP contribution in [0.4, 0.5) is 11.4 Å². The van der Waals surface area contributed by atoms with Crippen molar-refractivity contribution in [2.24, 2.45) is 0 Å². The van der Waals surface area contributed by atoms with Crippen molar-refractivity contribution in [2.75, 3.05) is 23.0 Å². The molecule has 0 aliphatic rings. The monoisotopic (exact) mass is 402 g/mol. The van der Waals surface area contributed by atoms with Gasteiger partial charge in [0.25, 0.3) is 0 Å². The van der Waals surface area contributed by atoms with Crippen molar-refractivity contribution in [3.05, 3.63) is 48.5 Å². The Kier molecular flexibility index (Phi) is 8.36. The fraction of sp³-hybridized carbons (Fsp3) is 0.250. The van der Waals surface area contributed by atoms with Gasteiger partial charge >= 0.3 is 5.97 Å². The Balaban J connectivity index is 1.76. The number of benzene rings is 2. The van der Waals surface area contributed by atoms with Gasteiger partial charge in [0.2, 0.25) is 11.8 Å². The summed E-state index contributed by atoms with van der Waals surface area (Å²) in [7, 11) is 0. The van der Waals surface area contributed by atoms with Crippen molar-refractivity contribution in [1.82, 2.24) is 0 Å². The zero-order valence-electron chi connectivity index (χ0n) is 15.4. The lowest BCUT2D eigenvalue weighted by molar-refractivity contribution is -0.138. The van der Waals surface area contributed by atoms with Gasteiger partial charge in [0, 0.05) is 22.7 Å². The molecule has 0 saturated heterocycles. The number of amides is 2. The van der Waals surface area contributed by atoms with Gasteiger partial charge in [-0.05, 0) is 55.5 Å². The normalized spacial score (nSPS) is 10.2. The number of carboxylic acid groups (broad SMARTS) is 1. The molecule has 0 fully saturated rings. The fourth-order valence-electron chi connectivity index (χ4n) is 2.23. The van der Waals surface area contributed by atoms with Crippen LogP contribution in [0.15, 0.2) is 53.4 Å². The van der Waals surface area contributed by atoms with E-state index in [0.717, 1.165) is 10.6 Å². The Bertz CT molecular complexity index is 806. The average Bonchev–Trinajstić information content (AvgIpc) is 2.67. The van der Waals surface area contributed by atoms with Crippen LogP contribution in [0.3, 0.4) is 0 Å². The molecule has 0 atom stereocenters. The Hall–Kier alpha value is -3.00. The number of anilines is 2. The second kappa shape index (κ2) is 11.0. The first-order chi connectivity index (χ1) is 13.5. The van der Waals surface area contributed by atoms with Crippen molar-refractivity contribution < 1.29 is 24.2 Å². The van der Waals surface area contributed by atoms with E-state index < -0.39 is 5.97 Å². The number of carboxylic acids is 1. The largest absolute Gasteiger partial charge is 0.494 e. The van der Waals surface area contributed by atoms with Gasteiger partial charge in [-0.3, -0.25) is 14.4 Å². The molecule has 2 amide bonds. The van der Waals surface area contributed by atoms with Crippen LogP contribution in [0.2, 0.25) is 0 Å². The van der Waals surface area contributed by atoms with E-state index in [-0.39, 0.29) is 30.4 Å². The van der Waals surface area contributed by atoms with Gasteiger partial charge in [0.1, 0.15) is 5.75 Å². The number of hydrogen-bond donors (Lipinski definition) is 3. The number of thioether (sulfide) groups is 1. The predicted octanol–water partition coefficient (Wildman–Crippen LogP) is 3.62. The number of ether oxygens (including phenoxy) is 1. The Morgan fingerprint density at radius 3 is 2.04 bits per heavy atom. The minimum Gasteiger partial charge on any atom is -0.494 e. The molecule has 0 bridgehead atoms. The highest BCUT2D eigenvalue weighted by Crippen LogP contribution is 2.21. The smallest absolute Gasteiger partial charge is 0.303 e. The van der Waals surface area contributed by atoms with E-state index in [2.05, 4.69) is 10.6 Å². The third-order valence-electron chi connectivity index (χ3n) is 3.52. The second-order valence-corrected chi connectivity index (χ2v) is 6.81. The minimum atomic E-state index is -1.01. The Morgan fingerprint density at radius 1 is 0.893 bits per heavy atom. The third kappa shape index (κ3) is 7.71. The highest BCUT2D eigenvalue weighted by molar-refractivity contribution is 8.00. The summed E-state index contributed by atoms with van der Waals surface area (Å²) in [6.45, 7) is 2.50. The van der Waals surface area contributed by atoms with E-state index in [1.165, 1.54) is 11.8 Å². The van der Waals surface area contributed by atoms with Crippen LogP contribution in [0, 0.1) is 0 Å². The standard InChI is InChI=1S/C20H22N2O5S/c1-2-27-16-7-3-14(4-8-16)22-19(24)13-28-17-9-5-15(6-10-17)21-18(23)11-12-20(25)26/h3-10H,2,11-13H2,1H3,(H,21,23)(H,22,24)(H,25,26). The Labute approximate surface area is 167 Å². The van der Waals surface area contributed by atoms with Crippen LogP contribution in [0.1, 0.15) is 19.8 Å². The summed E-state index contributed by atoms with van der Waals surface area (Å²) in [4.78, 5) is 35.0. The molecule has 7 nitrogen and oxygen atoms in total. The molecule has 0 radical (unpaired) electrons. The van der Waals surface area contributed by atoms with E-state index in [0.29, 0.717) is 18.0 Å². The number of carbonyl (C=O) groups is 3. The lowest BCUT2D eigenvalue weighted by atomic mass is 10.2. The Morgan fingerprint density at radius 2 is 1.46 bits per heavy atom. The van der Waals surface area contributed by atoms with Gasteiger partial charge < -0.3 is 20.5 Å². The molecule has 0 aromatic heterocycles. The summed E-state index contributed by atoms with van der Waals surface area (Å²) in [5.41, 5.74) is 1.28. The summed E-state index contributed by atoms with van der Waals surface area (Å²) < 4.78 is 5.36. The molecule has 28 heavy (non-hydrogen) atoms. The van der Waals surface area contributed by atoms with Gasteiger partial charge in [0.05, 0.1) is 18.8 Å². The van der Waals surface area contributed by atoms with E-state index in [1.54, 1.807) is 48.5 Å². The van der Waals surface area contributed by atoms with Crippen LogP contribution < -0.4 is 15.4 Å². The molecule has 3 N–H and O–H groups in total. The molecular weight excluding hydrogens is 380 g/mol. The van der Waals surface area contributed by atoms with Gasteiger partial charge in [-0.1, -0.05) is 0 Å². The lowest BCUT2D eigenvalue weighted by Crippen LogP contribution is -2.14. The van der Waals surface area contributed by atoms with Crippen LogP contribution in [-0.4, -0.2) is 35.2 Å². The summed E-state index contributed by atoms with van der Waals surface area (Å²) in [5, 5.41) is 14.0. The molecule has 0 aliphatic carbocycles. The fourth-order valence-corrected chi connectivity index (χ4v) is 2.92. The van der Waals surface area contributed by atoms with Crippen LogP contribution in [0.25, 0.3) is 0 Å². The van der Waals surface area contributed by atoms with E-state index >= 15 is 0 Å². The van der Waals surface area contributed by atoms with E-state index in [1.807, 2.05) is 6.92 Å². The topological polar surface area (TPSA) is 105 Å². The lowest BCUT2D eigenvalue weighted by Gasteiger charge is -2.08. The molecule has 148 valence electrons. The minimum absolute atomic E-state index is 0.0719. The summed E-state index contributed by atoms with van der Waals surface area (Å²) in [5.74, 6) is -0.481. The molecule has 0 saturated carbocycles. The first-order valence-electron chi connectivity index (χ1n) is 8.73. The number of hydrogen-bond acceptors (Lipinski definition) is 5. The predicted molar refractivity (Wildman–Crippen MR) is 109 cm³/mol. The molecule has 8 heteroatoms. The van der Waals surface area contributed by atoms with Gasteiger partial charge in [-0.15, -0.1) is 11.8 Å². The molecule has 0 aliphatic heterocycles. The zero-order valence-corrected chi connectivity index (χ0v) is 16.3. The first-order valence-corrected chi connectivity index (χ1v) is 9.72. The first kappa shape index (κ1) is 21.3. The molecular formula is C20H22N2O5S. The van der Waals surface area contributed by atoms with Crippen molar-refractivity contribution in [3.63, 3.8) is 0 Å². The maximum absolute atomic E-state index is 12.1. The highest BCUT2D eigenvalue weighted by Gasteiger charge is 2.07. The quantitative estimate of drug-likeness (QED) is 0.524. The van der Waals surface area contributed by atoms with Crippen LogP contribution in [-0.2, 0) is 14.4 Å². The highest BCUT2D eigenvalue weighted by atomic mass is 32.2. The number of carbonyl (C=O) groups excluding carboxylic acids is 2. The molecule has 0 spiro atoms. The van der Waals surface area contributed by atoms with Crippen LogP contribution in [0.5, 0.6) is 5.75 Å². The molecule has 0 unspecified atom stereocenters. The van der Waals surface area contributed by atoms with E-state index in [9.17, 15) is 14.4 Å². The average molecular weight is 402 g/mol. The molecule has 0 heterocycles. The summed E-state index contributed by atoms with van der Waals surface area (Å²) in [6.07, 6.45) is -0.277. The summed E-state index contributed by atoms with van der Waals surface area (Å²) >= 11 is 1.37. The zero-order chi connectivity index (χ0) is 20.4. The number of nitrogens with one attached hydrogen (secondary N) is 2. The second-order valence-electron chi connectivity index (χ2n) is 5.76. The molecule has 2 aromatic rings. The third-order valence-corrected chi connectivity index (χ3v) is 4.54. The SMILES string of the molecule is CCOc1ccc(NC(=O)CSc2ccc(NC(=O)CCC(=O)O)cc2)cc1. The van der Waals surface area contributed by atoms with Crippen molar-refractivity contribution in [1.29, 1.82) is 0 Å². The van der Waals surface area contributed by atoms with Crippen molar-refractivity contribution in [3.8, 4) is 5.75 Å². The van der Waals surface area contributed by atoms with Crippen molar-refractivity contribution >= 4 is 40.9 Å². The van der Waals surface area contributed by atoms with Gasteiger partial charge in [-0.25, -0.2) is 0 Å². The maximum Gasteiger partial charge on any atom is 0.303 e. The number of aliphatic carboxylic acids is 1. The van der Waals surface area contributed by atoms with Gasteiger partial charge in [0.15, 0.2) is 0 Å². The molecule has 2 aromatic carbocycles. The van der Waals surface area contributed by atoms with E-state index in [4.69, 9.17) is 9.84 Å². The van der Waals surface area contributed by atoms with Crippen LogP contribution >= 0.6 is 11.8 Å². The number of rotatable bonds is 10. The summed E-state index contributed by atoms with van der Waals surface area (Å²) in [6, 6.07) is 14.2. The molecule has 2 rings (SSSR count). The maximum atomic E-state index is 12.1.